The van der Waals surface area contributed by atoms with Gasteiger partial charge in [0.05, 0.1) is 18.9 Å². The van der Waals surface area contributed by atoms with Crippen molar-refractivity contribution < 1.29 is 9.47 Å². The number of hydrogen-bond donors (Lipinski definition) is 2. The van der Waals surface area contributed by atoms with Crippen LogP contribution in [0.3, 0.4) is 0 Å². The number of benzene rings is 1. The van der Waals surface area contributed by atoms with E-state index in [4.69, 9.17) is 9.47 Å². The Bertz CT molecular complexity index is 572. The normalized spacial score (nSPS) is 23.8. The number of anilines is 1. The van der Waals surface area contributed by atoms with Crippen LogP contribution in [0, 0.1) is 5.92 Å². The van der Waals surface area contributed by atoms with Crippen molar-refractivity contribution in [2.24, 2.45) is 10.9 Å². The summed E-state index contributed by atoms with van der Waals surface area (Å²) >= 11 is 0. The number of methoxy groups -OCH3 is 1. The molecule has 1 aromatic carbocycles. The molecule has 0 amide bonds. The second kappa shape index (κ2) is 8.94. The first-order valence-corrected chi connectivity index (χ1v) is 9.24. The summed E-state index contributed by atoms with van der Waals surface area (Å²) in [5, 5.41) is 6.84. The van der Waals surface area contributed by atoms with Crippen LogP contribution in [-0.4, -0.2) is 59.0 Å². The van der Waals surface area contributed by atoms with Crippen LogP contribution in [0.4, 0.5) is 5.69 Å². The molecule has 2 saturated heterocycles. The number of hydrogen-bond acceptors (Lipinski definition) is 4. The van der Waals surface area contributed by atoms with Crippen molar-refractivity contribution in [3.63, 3.8) is 0 Å². The highest BCUT2D eigenvalue weighted by Crippen LogP contribution is 2.31. The zero-order valence-corrected chi connectivity index (χ0v) is 15.3. The third-order valence-electron chi connectivity index (χ3n) is 5.01. The molecular weight excluding hydrogens is 316 g/mol. The summed E-state index contributed by atoms with van der Waals surface area (Å²) in [5.41, 5.74) is 1.19. The van der Waals surface area contributed by atoms with E-state index in [0.29, 0.717) is 12.0 Å². The van der Waals surface area contributed by atoms with E-state index in [0.717, 1.165) is 50.9 Å². The molecule has 2 heterocycles. The maximum absolute atomic E-state index is 5.65. The molecule has 0 bridgehead atoms. The van der Waals surface area contributed by atoms with Gasteiger partial charge in [-0.05, 0) is 37.3 Å². The summed E-state index contributed by atoms with van der Waals surface area (Å²) < 4.78 is 11.1. The van der Waals surface area contributed by atoms with Crippen LogP contribution in [0.15, 0.2) is 29.3 Å². The van der Waals surface area contributed by atoms with Gasteiger partial charge in [-0.3, -0.25) is 4.99 Å². The molecule has 0 radical (unpaired) electrons. The van der Waals surface area contributed by atoms with E-state index in [9.17, 15) is 0 Å². The first-order valence-electron chi connectivity index (χ1n) is 9.24. The van der Waals surface area contributed by atoms with Crippen LogP contribution in [0.25, 0.3) is 0 Å². The lowest BCUT2D eigenvalue weighted by Crippen LogP contribution is -2.43. The molecule has 0 spiro atoms. The van der Waals surface area contributed by atoms with Crippen molar-refractivity contribution in [1.29, 1.82) is 0 Å². The molecule has 0 aliphatic carbocycles. The molecule has 0 aromatic heterocycles. The Morgan fingerprint density at radius 1 is 1.28 bits per heavy atom. The van der Waals surface area contributed by atoms with Gasteiger partial charge in [0.2, 0.25) is 0 Å². The van der Waals surface area contributed by atoms with Crippen LogP contribution in [0.5, 0.6) is 5.75 Å². The number of ether oxygens (including phenoxy) is 2. The van der Waals surface area contributed by atoms with Crippen molar-refractivity contribution in [1.82, 2.24) is 10.6 Å². The Labute approximate surface area is 150 Å². The van der Waals surface area contributed by atoms with Gasteiger partial charge in [-0.15, -0.1) is 0 Å². The molecule has 1 aromatic rings. The monoisotopic (exact) mass is 346 g/mol. The van der Waals surface area contributed by atoms with Crippen LogP contribution < -0.4 is 20.3 Å². The van der Waals surface area contributed by atoms with Crippen molar-refractivity contribution in [3.8, 4) is 5.75 Å². The van der Waals surface area contributed by atoms with Crippen molar-refractivity contribution in [3.05, 3.63) is 24.3 Å². The van der Waals surface area contributed by atoms with E-state index in [1.54, 1.807) is 7.11 Å². The van der Waals surface area contributed by atoms with Gasteiger partial charge >= 0.3 is 0 Å². The molecule has 2 aliphatic heterocycles. The van der Waals surface area contributed by atoms with Gasteiger partial charge in [0.1, 0.15) is 5.75 Å². The highest BCUT2D eigenvalue weighted by Gasteiger charge is 2.24. The lowest BCUT2D eigenvalue weighted by molar-refractivity contribution is 0.114. The molecular formula is C19H30N4O2. The van der Waals surface area contributed by atoms with Crippen LogP contribution >= 0.6 is 0 Å². The molecule has 2 atom stereocenters. The van der Waals surface area contributed by atoms with Crippen molar-refractivity contribution >= 4 is 11.6 Å². The Balaban J connectivity index is 1.44. The molecule has 6 heteroatoms. The predicted molar refractivity (Wildman–Crippen MR) is 102 cm³/mol. The van der Waals surface area contributed by atoms with Gasteiger partial charge in [-0.25, -0.2) is 0 Å². The summed E-state index contributed by atoms with van der Waals surface area (Å²) in [6.07, 6.45) is 3.80. The van der Waals surface area contributed by atoms with Crippen molar-refractivity contribution in [2.75, 3.05) is 51.8 Å². The van der Waals surface area contributed by atoms with Gasteiger partial charge in [0.15, 0.2) is 5.96 Å². The topological polar surface area (TPSA) is 58.1 Å². The second-order valence-corrected chi connectivity index (χ2v) is 6.74. The predicted octanol–water partition coefficient (Wildman–Crippen LogP) is 1.87. The van der Waals surface area contributed by atoms with Gasteiger partial charge < -0.3 is 25.0 Å². The molecule has 2 N–H and O–H groups in total. The highest BCUT2D eigenvalue weighted by atomic mass is 16.5. The van der Waals surface area contributed by atoms with Crippen LogP contribution in [0.2, 0.25) is 0 Å². The standard InChI is InChI=1S/C19H30N4O2/c1-20-19(22-13-16-6-5-11-25-16)21-12-15-9-10-23(14-15)17-7-3-4-8-18(17)24-2/h3-4,7-8,15-16H,5-6,9-14H2,1-2H3,(H2,20,21,22). The third-order valence-corrected chi connectivity index (χ3v) is 5.01. The van der Waals surface area contributed by atoms with E-state index in [-0.39, 0.29) is 0 Å². The molecule has 6 nitrogen and oxygen atoms in total. The Hall–Kier alpha value is -1.95. The van der Waals surface area contributed by atoms with Gasteiger partial charge in [-0.2, -0.15) is 0 Å². The zero-order valence-electron chi connectivity index (χ0n) is 15.3. The number of nitrogens with one attached hydrogen (secondary N) is 2. The number of rotatable bonds is 6. The minimum Gasteiger partial charge on any atom is -0.495 e. The largest absolute Gasteiger partial charge is 0.495 e. The fraction of sp³-hybridized carbons (Fsp3) is 0.632. The summed E-state index contributed by atoms with van der Waals surface area (Å²) in [7, 11) is 3.55. The number of guanidine groups is 1. The highest BCUT2D eigenvalue weighted by molar-refractivity contribution is 5.79. The average molecular weight is 346 g/mol. The summed E-state index contributed by atoms with van der Waals surface area (Å²) in [6.45, 7) is 4.75. The van der Waals surface area contributed by atoms with E-state index in [1.165, 1.54) is 18.5 Å². The average Bonchev–Trinajstić information content (AvgIpc) is 3.33. The Morgan fingerprint density at radius 3 is 2.88 bits per heavy atom. The maximum atomic E-state index is 5.65. The molecule has 2 fully saturated rings. The van der Waals surface area contributed by atoms with Crippen LogP contribution in [0.1, 0.15) is 19.3 Å². The maximum Gasteiger partial charge on any atom is 0.191 e. The van der Waals surface area contributed by atoms with Gasteiger partial charge in [-0.1, -0.05) is 12.1 Å². The van der Waals surface area contributed by atoms with E-state index >= 15 is 0 Å². The Morgan fingerprint density at radius 2 is 2.12 bits per heavy atom. The smallest absolute Gasteiger partial charge is 0.191 e. The van der Waals surface area contributed by atoms with Gasteiger partial charge in [0, 0.05) is 39.8 Å². The number of nitrogens with zero attached hydrogens (tertiary/aromatic N) is 2. The van der Waals surface area contributed by atoms with E-state index in [1.807, 2.05) is 19.2 Å². The summed E-state index contributed by atoms with van der Waals surface area (Å²) in [6, 6.07) is 8.25. The fourth-order valence-electron chi connectivity index (χ4n) is 3.59. The van der Waals surface area contributed by atoms with Crippen LogP contribution in [-0.2, 0) is 4.74 Å². The minimum atomic E-state index is 0.325. The lowest BCUT2D eigenvalue weighted by Gasteiger charge is -2.21. The Kier molecular flexibility index (Phi) is 6.39. The SMILES string of the molecule is CN=C(NCC1CCN(c2ccccc2OC)C1)NCC1CCCO1. The van der Waals surface area contributed by atoms with Crippen molar-refractivity contribution in [2.45, 2.75) is 25.4 Å². The number of para-hydroxylation sites is 2. The first-order chi connectivity index (χ1) is 12.3. The van der Waals surface area contributed by atoms with E-state index in [2.05, 4.69) is 32.7 Å². The zero-order chi connectivity index (χ0) is 17.5. The molecule has 138 valence electrons. The second-order valence-electron chi connectivity index (χ2n) is 6.74. The van der Waals surface area contributed by atoms with E-state index < -0.39 is 0 Å². The summed E-state index contributed by atoms with van der Waals surface area (Å²) in [5.74, 6) is 2.42. The molecule has 25 heavy (non-hydrogen) atoms. The molecule has 3 rings (SSSR count). The lowest BCUT2D eigenvalue weighted by atomic mass is 10.1. The molecule has 0 saturated carbocycles. The summed E-state index contributed by atoms with van der Waals surface area (Å²) in [4.78, 5) is 6.73. The number of aliphatic imine (C=N–C) groups is 1. The molecule has 2 unspecified atom stereocenters. The third kappa shape index (κ3) is 4.78. The quantitative estimate of drug-likeness (QED) is 0.608. The minimum absolute atomic E-state index is 0.325. The van der Waals surface area contributed by atoms with Gasteiger partial charge in [0.25, 0.3) is 0 Å². The first kappa shape index (κ1) is 17.9. The fourth-order valence-corrected chi connectivity index (χ4v) is 3.59. The molecule has 2 aliphatic rings.